The fraction of sp³-hybridized carbons (Fsp3) is 1.00. The summed E-state index contributed by atoms with van der Waals surface area (Å²) in [5.74, 6) is -0.615. The molecule has 0 spiro atoms. The molecule has 4 nitrogen and oxygen atoms in total. The molecule has 3 heterocycles. The molecule has 1 N–H and O–H groups in total. The van der Waals surface area contributed by atoms with E-state index in [0.717, 1.165) is 0 Å². The van der Waals surface area contributed by atoms with E-state index >= 15 is 0 Å². The van der Waals surface area contributed by atoms with E-state index < -0.39 is 24.4 Å². The molecular formula is C9H14FNO3. The Balaban J connectivity index is 1.80. The molecule has 3 saturated heterocycles. The minimum atomic E-state index is -0.944. The third-order valence-electron chi connectivity index (χ3n) is 2.99. The van der Waals surface area contributed by atoms with Crippen molar-refractivity contribution in [2.45, 2.75) is 50.3 Å². The highest BCUT2D eigenvalue weighted by Crippen LogP contribution is 2.40. The first-order chi connectivity index (χ1) is 6.57. The molecule has 0 aromatic heterocycles. The highest BCUT2D eigenvalue weighted by molar-refractivity contribution is 5.05. The lowest BCUT2D eigenvalue weighted by atomic mass is 10.1. The van der Waals surface area contributed by atoms with Gasteiger partial charge in [-0.1, -0.05) is 0 Å². The van der Waals surface area contributed by atoms with Crippen molar-refractivity contribution in [2.24, 2.45) is 0 Å². The van der Waals surface area contributed by atoms with Crippen molar-refractivity contribution < 1.29 is 18.6 Å². The lowest BCUT2D eigenvalue weighted by Crippen LogP contribution is -2.39. The summed E-state index contributed by atoms with van der Waals surface area (Å²) >= 11 is 0. The fourth-order valence-electron chi connectivity index (χ4n) is 2.44. The maximum atomic E-state index is 13.3. The molecule has 0 aromatic carbocycles. The Kier molecular flexibility index (Phi) is 1.72. The van der Waals surface area contributed by atoms with Crippen molar-refractivity contribution in [2.75, 3.05) is 6.54 Å². The van der Waals surface area contributed by atoms with E-state index in [4.69, 9.17) is 14.2 Å². The summed E-state index contributed by atoms with van der Waals surface area (Å²) in [6, 6.07) is -0.0585. The number of hydrogen-bond acceptors (Lipinski definition) is 4. The number of ether oxygens (including phenoxy) is 3. The van der Waals surface area contributed by atoms with Gasteiger partial charge >= 0.3 is 0 Å². The zero-order valence-electron chi connectivity index (χ0n) is 8.20. The van der Waals surface area contributed by atoms with Crippen LogP contribution in [0.4, 0.5) is 4.39 Å². The highest BCUT2D eigenvalue weighted by Gasteiger charge is 2.58. The van der Waals surface area contributed by atoms with Crippen molar-refractivity contribution in [3.63, 3.8) is 0 Å². The van der Waals surface area contributed by atoms with Gasteiger partial charge in [0.2, 0.25) is 0 Å². The summed E-state index contributed by atoms with van der Waals surface area (Å²) in [7, 11) is 0. The monoisotopic (exact) mass is 203 g/mol. The first kappa shape index (κ1) is 9.03. The minimum Gasteiger partial charge on any atom is -0.342 e. The van der Waals surface area contributed by atoms with Gasteiger partial charge in [0.15, 0.2) is 12.1 Å². The van der Waals surface area contributed by atoms with Gasteiger partial charge in [-0.25, -0.2) is 4.39 Å². The lowest BCUT2D eigenvalue weighted by Gasteiger charge is -2.21. The molecule has 0 radical (unpaired) electrons. The van der Waals surface area contributed by atoms with Gasteiger partial charge in [0.25, 0.3) is 0 Å². The molecular weight excluding hydrogens is 189 g/mol. The summed E-state index contributed by atoms with van der Waals surface area (Å²) < 4.78 is 29.9. The van der Waals surface area contributed by atoms with Crippen LogP contribution in [0.25, 0.3) is 0 Å². The third kappa shape index (κ3) is 1.13. The van der Waals surface area contributed by atoms with E-state index in [0.29, 0.717) is 6.54 Å². The van der Waals surface area contributed by atoms with Crippen molar-refractivity contribution >= 4 is 0 Å². The lowest BCUT2D eigenvalue weighted by molar-refractivity contribution is -0.209. The Hall–Kier alpha value is -0.230. The third-order valence-corrected chi connectivity index (χ3v) is 2.99. The van der Waals surface area contributed by atoms with Gasteiger partial charge in [-0.05, 0) is 13.8 Å². The molecule has 3 rings (SSSR count). The number of fused-ring (bicyclic) bond motifs is 3. The summed E-state index contributed by atoms with van der Waals surface area (Å²) in [5.41, 5.74) is 0. The number of rotatable bonds is 0. The normalized spacial score (nSPS) is 54.6. The fourth-order valence-corrected chi connectivity index (χ4v) is 2.44. The molecule has 14 heavy (non-hydrogen) atoms. The van der Waals surface area contributed by atoms with Crippen LogP contribution in [-0.4, -0.2) is 43.0 Å². The minimum absolute atomic E-state index is 0.0585. The average molecular weight is 203 g/mol. The van der Waals surface area contributed by atoms with Crippen molar-refractivity contribution in [1.82, 2.24) is 5.32 Å². The Morgan fingerprint density at radius 2 is 2.07 bits per heavy atom. The first-order valence-electron chi connectivity index (χ1n) is 4.95. The van der Waals surface area contributed by atoms with Crippen LogP contribution in [0.1, 0.15) is 13.8 Å². The smallest absolute Gasteiger partial charge is 0.189 e. The van der Waals surface area contributed by atoms with Crippen LogP contribution in [0.15, 0.2) is 0 Å². The first-order valence-corrected chi connectivity index (χ1v) is 4.95. The summed E-state index contributed by atoms with van der Waals surface area (Å²) in [4.78, 5) is 0. The second kappa shape index (κ2) is 2.66. The maximum absolute atomic E-state index is 13.3. The van der Waals surface area contributed by atoms with Crippen molar-refractivity contribution in [3.8, 4) is 0 Å². The standard InChI is InChI=1S/C9H14FNO3/c1-9(2)13-7-5-6(4(10)3-11-5)12-8(7)14-9/h4-8,11H,3H2,1-2H3. The van der Waals surface area contributed by atoms with E-state index in [1.54, 1.807) is 0 Å². The van der Waals surface area contributed by atoms with Crippen molar-refractivity contribution in [1.29, 1.82) is 0 Å². The van der Waals surface area contributed by atoms with E-state index in [1.165, 1.54) is 0 Å². The second-order valence-corrected chi connectivity index (χ2v) is 4.52. The molecule has 3 fully saturated rings. The molecule has 0 aliphatic carbocycles. The van der Waals surface area contributed by atoms with Crippen LogP contribution in [0.2, 0.25) is 0 Å². The number of alkyl halides is 1. The Morgan fingerprint density at radius 3 is 2.86 bits per heavy atom. The second-order valence-electron chi connectivity index (χ2n) is 4.52. The zero-order chi connectivity index (χ0) is 9.92. The van der Waals surface area contributed by atoms with Gasteiger partial charge in [-0.15, -0.1) is 0 Å². The largest absolute Gasteiger partial charge is 0.342 e. The molecule has 3 aliphatic heterocycles. The topological polar surface area (TPSA) is 39.7 Å². The average Bonchev–Trinajstić information content (AvgIpc) is 2.63. The Morgan fingerprint density at radius 1 is 1.29 bits per heavy atom. The Bertz CT molecular complexity index is 260. The van der Waals surface area contributed by atoms with E-state index in [2.05, 4.69) is 5.32 Å². The summed E-state index contributed by atoms with van der Waals surface area (Å²) in [5, 5.41) is 3.07. The van der Waals surface area contributed by atoms with Crippen LogP contribution in [0.5, 0.6) is 0 Å². The number of hydrogen-bond donors (Lipinski definition) is 1. The maximum Gasteiger partial charge on any atom is 0.189 e. The molecule has 3 aliphatic rings. The SMILES string of the molecule is CC1(C)OC2OC3C(F)CNC3C2O1. The predicted molar refractivity (Wildman–Crippen MR) is 45.4 cm³/mol. The van der Waals surface area contributed by atoms with Gasteiger partial charge in [0.05, 0.1) is 6.04 Å². The van der Waals surface area contributed by atoms with Crippen molar-refractivity contribution in [3.05, 3.63) is 0 Å². The van der Waals surface area contributed by atoms with Gasteiger partial charge < -0.3 is 19.5 Å². The molecule has 0 saturated carbocycles. The van der Waals surface area contributed by atoms with Crippen LogP contribution >= 0.6 is 0 Å². The van der Waals surface area contributed by atoms with Gasteiger partial charge in [-0.3, -0.25) is 0 Å². The van der Waals surface area contributed by atoms with Crippen LogP contribution < -0.4 is 5.32 Å². The molecule has 0 aromatic rings. The van der Waals surface area contributed by atoms with Crippen LogP contribution in [-0.2, 0) is 14.2 Å². The van der Waals surface area contributed by atoms with E-state index in [9.17, 15) is 4.39 Å². The zero-order valence-corrected chi connectivity index (χ0v) is 8.20. The molecule has 5 unspecified atom stereocenters. The van der Waals surface area contributed by atoms with Crippen LogP contribution in [0.3, 0.4) is 0 Å². The summed E-state index contributed by atoms with van der Waals surface area (Å²) in [6.45, 7) is 4.03. The quantitative estimate of drug-likeness (QED) is 0.609. The predicted octanol–water partition coefficient (Wildman–Crippen LogP) is 0.173. The molecule has 0 bridgehead atoms. The van der Waals surface area contributed by atoms with Gasteiger partial charge in [0.1, 0.15) is 18.4 Å². The highest BCUT2D eigenvalue weighted by atomic mass is 19.1. The van der Waals surface area contributed by atoms with E-state index in [1.807, 2.05) is 13.8 Å². The number of nitrogens with one attached hydrogen (secondary N) is 1. The molecule has 0 amide bonds. The Labute approximate surface area is 81.7 Å². The van der Waals surface area contributed by atoms with Gasteiger partial charge in [0, 0.05) is 6.54 Å². The molecule has 5 atom stereocenters. The van der Waals surface area contributed by atoms with Gasteiger partial charge in [-0.2, -0.15) is 0 Å². The molecule has 5 heteroatoms. The summed E-state index contributed by atoms with van der Waals surface area (Å²) in [6.07, 6.45) is -1.93. The molecule has 80 valence electrons. The number of halogens is 1. The van der Waals surface area contributed by atoms with E-state index in [-0.39, 0.29) is 12.1 Å². The van der Waals surface area contributed by atoms with Crippen LogP contribution in [0, 0.1) is 0 Å².